The normalized spacial score (nSPS) is 24.0. The van der Waals surface area contributed by atoms with Gasteiger partial charge in [0.25, 0.3) is 0 Å². The van der Waals surface area contributed by atoms with Crippen LogP contribution in [0.3, 0.4) is 0 Å². The molecule has 1 aliphatic heterocycles. The fourth-order valence-electron chi connectivity index (χ4n) is 2.55. The summed E-state index contributed by atoms with van der Waals surface area (Å²) in [5.41, 5.74) is 0. The zero-order valence-corrected chi connectivity index (χ0v) is 13.7. The molecule has 0 amide bonds. The van der Waals surface area contributed by atoms with E-state index in [0.717, 1.165) is 10.4 Å². The minimum absolute atomic E-state index is 0.166. The number of nitrogens with zero attached hydrogens (tertiary/aromatic N) is 1. The topological polar surface area (TPSA) is 74.7 Å². The number of hydrogen-bond donors (Lipinski definition) is 1. The standard InChI is InChI=1S/C13H15BrFNO4S/c1-8-10(13(17)18)3-2-6-16(8)21(19,20)9-4-5-11(14)12(15)7-9/h4-5,7-8,10H,2-3,6H2,1H3,(H,17,18)/t8-,10-/m1/s1. The lowest BCUT2D eigenvalue weighted by Crippen LogP contribution is -2.48. The van der Waals surface area contributed by atoms with Gasteiger partial charge in [-0.1, -0.05) is 0 Å². The molecule has 5 nitrogen and oxygen atoms in total. The maximum Gasteiger partial charge on any atom is 0.308 e. The molecule has 116 valence electrons. The molecule has 1 aliphatic rings. The Morgan fingerprint density at radius 1 is 1.48 bits per heavy atom. The lowest BCUT2D eigenvalue weighted by molar-refractivity contribution is -0.144. The van der Waals surface area contributed by atoms with Gasteiger partial charge in [0.1, 0.15) is 5.82 Å². The van der Waals surface area contributed by atoms with Gasteiger partial charge in [0.15, 0.2) is 0 Å². The molecule has 0 spiro atoms. The minimum atomic E-state index is -3.91. The summed E-state index contributed by atoms with van der Waals surface area (Å²) in [4.78, 5) is 11.0. The fraction of sp³-hybridized carbons (Fsp3) is 0.462. The molecule has 1 aromatic rings. The van der Waals surface area contributed by atoms with E-state index in [-0.39, 0.29) is 15.9 Å². The molecule has 0 bridgehead atoms. The SMILES string of the molecule is C[C@@H]1[C@H](C(=O)O)CCCN1S(=O)(=O)c1ccc(Br)c(F)c1. The molecule has 2 rings (SSSR count). The molecule has 1 aromatic carbocycles. The van der Waals surface area contributed by atoms with Crippen LogP contribution in [-0.4, -0.2) is 36.4 Å². The van der Waals surface area contributed by atoms with Crippen molar-refractivity contribution in [2.75, 3.05) is 6.54 Å². The maximum atomic E-state index is 13.6. The van der Waals surface area contributed by atoms with Crippen molar-refractivity contribution in [3.8, 4) is 0 Å². The molecular weight excluding hydrogens is 365 g/mol. The van der Waals surface area contributed by atoms with E-state index in [1.54, 1.807) is 6.92 Å². The van der Waals surface area contributed by atoms with Gasteiger partial charge < -0.3 is 5.11 Å². The van der Waals surface area contributed by atoms with E-state index >= 15 is 0 Å². The average Bonchev–Trinajstić information content (AvgIpc) is 2.41. The predicted octanol–water partition coefficient (Wildman–Crippen LogP) is 2.46. The third-order valence-corrected chi connectivity index (χ3v) is 6.37. The highest BCUT2D eigenvalue weighted by Gasteiger charge is 2.39. The summed E-state index contributed by atoms with van der Waals surface area (Å²) in [7, 11) is -3.91. The van der Waals surface area contributed by atoms with E-state index in [1.807, 2.05) is 0 Å². The number of carboxylic acids is 1. The number of carboxylic acid groups (broad SMARTS) is 1. The van der Waals surface area contributed by atoms with Gasteiger partial charge in [-0.3, -0.25) is 4.79 Å². The third kappa shape index (κ3) is 3.12. The molecule has 1 fully saturated rings. The van der Waals surface area contributed by atoms with Crippen molar-refractivity contribution in [1.82, 2.24) is 4.31 Å². The molecule has 0 saturated carbocycles. The van der Waals surface area contributed by atoms with Crippen molar-refractivity contribution >= 4 is 31.9 Å². The van der Waals surface area contributed by atoms with E-state index in [1.165, 1.54) is 12.1 Å². The van der Waals surface area contributed by atoms with E-state index in [4.69, 9.17) is 5.11 Å². The van der Waals surface area contributed by atoms with Gasteiger partial charge in [0.05, 0.1) is 15.3 Å². The van der Waals surface area contributed by atoms with Gasteiger partial charge in [-0.25, -0.2) is 12.8 Å². The Balaban J connectivity index is 2.38. The van der Waals surface area contributed by atoms with Crippen molar-refractivity contribution in [3.05, 3.63) is 28.5 Å². The number of halogens is 2. The number of benzene rings is 1. The summed E-state index contributed by atoms with van der Waals surface area (Å²) in [5.74, 6) is -2.42. The highest BCUT2D eigenvalue weighted by Crippen LogP contribution is 2.30. The highest BCUT2D eigenvalue weighted by molar-refractivity contribution is 9.10. The van der Waals surface area contributed by atoms with E-state index in [2.05, 4.69) is 15.9 Å². The zero-order valence-electron chi connectivity index (χ0n) is 11.3. The number of hydrogen-bond acceptors (Lipinski definition) is 3. The summed E-state index contributed by atoms with van der Waals surface area (Å²) in [6.07, 6.45) is 0.913. The first-order valence-electron chi connectivity index (χ1n) is 6.45. The first-order valence-corrected chi connectivity index (χ1v) is 8.68. The van der Waals surface area contributed by atoms with Crippen LogP contribution in [0.1, 0.15) is 19.8 Å². The highest BCUT2D eigenvalue weighted by atomic mass is 79.9. The van der Waals surface area contributed by atoms with Crippen LogP contribution < -0.4 is 0 Å². The summed E-state index contributed by atoms with van der Waals surface area (Å²) in [6, 6.07) is 2.91. The molecular formula is C13H15BrFNO4S. The van der Waals surface area contributed by atoms with Crippen LogP contribution in [0.25, 0.3) is 0 Å². The first-order chi connectivity index (χ1) is 9.75. The van der Waals surface area contributed by atoms with Crippen LogP contribution in [0.5, 0.6) is 0 Å². The Morgan fingerprint density at radius 3 is 2.71 bits per heavy atom. The second-order valence-corrected chi connectivity index (χ2v) is 7.76. The van der Waals surface area contributed by atoms with Gasteiger partial charge in [-0.15, -0.1) is 0 Å². The summed E-state index contributed by atoms with van der Waals surface area (Å²) in [6.45, 7) is 1.82. The van der Waals surface area contributed by atoms with Crippen LogP contribution in [0.15, 0.2) is 27.6 Å². The number of sulfonamides is 1. The summed E-state index contributed by atoms with van der Waals surface area (Å²) in [5, 5.41) is 9.16. The summed E-state index contributed by atoms with van der Waals surface area (Å²) < 4.78 is 40.0. The maximum absolute atomic E-state index is 13.6. The molecule has 1 saturated heterocycles. The Bertz CT molecular complexity index is 664. The van der Waals surface area contributed by atoms with Gasteiger partial charge in [-0.2, -0.15) is 4.31 Å². The van der Waals surface area contributed by atoms with Gasteiger partial charge >= 0.3 is 5.97 Å². The van der Waals surface area contributed by atoms with Crippen molar-refractivity contribution in [3.63, 3.8) is 0 Å². The molecule has 0 aliphatic carbocycles. The van der Waals surface area contributed by atoms with Crippen LogP contribution >= 0.6 is 15.9 Å². The molecule has 0 unspecified atom stereocenters. The van der Waals surface area contributed by atoms with Gasteiger partial charge in [0.2, 0.25) is 10.0 Å². The first kappa shape index (κ1) is 16.4. The fourth-order valence-corrected chi connectivity index (χ4v) is 4.52. The van der Waals surface area contributed by atoms with Gasteiger partial charge in [-0.05, 0) is 53.9 Å². The largest absolute Gasteiger partial charge is 0.481 e. The molecule has 21 heavy (non-hydrogen) atoms. The Morgan fingerprint density at radius 2 is 2.14 bits per heavy atom. The second kappa shape index (κ2) is 6.02. The Labute approximate surface area is 130 Å². The van der Waals surface area contributed by atoms with Crippen LogP contribution in [0.2, 0.25) is 0 Å². The molecule has 2 atom stereocenters. The number of carbonyl (C=O) groups is 1. The number of rotatable bonds is 3. The molecule has 0 aromatic heterocycles. The quantitative estimate of drug-likeness (QED) is 0.874. The molecule has 1 N–H and O–H groups in total. The van der Waals surface area contributed by atoms with Crippen molar-refractivity contribution < 1.29 is 22.7 Å². The number of piperidine rings is 1. The van der Waals surface area contributed by atoms with Crippen molar-refractivity contribution in [2.45, 2.75) is 30.7 Å². The lowest BCUT2D eigenvalue weighted by atomic mass is 9.92. The number of aliphatic carboxylic acids is 1. The molecule has 1 heterocycles. The van der Waals surface area contributed by atoms with Crippen molar-refractivity contribution in [1.29, 1.82) is 0 Å². The Hall–Kier alpha value is -0.990. The van der Waals surface area contributed by atoms with Crippen LogP contribution in [0.4, 0.5) is 4.39 Å². The summed E-state index contributed by atoms with van der Waals surface area (Å²) >= 11 is 2.97. The smallest absolute Gasteiger partial charge is 0.308 e. The second-order valence-electron chi connectivity index (χ2n) is 5.02. The van der Waals surface area contributed by atoms with Crippen LogP contribution in [-0.2, 0) is 14.8 Å². The molecule has 0 radical (unpaired) electrons. The Kier molecular flexibility index (Phi) is 4.69. The monoisotopic (exact) mass is 379 g/mol. The minimum Gasteiger partial charge on any atom is -0.481 e. The molecule has 8 heteroatoms. The lowest BCUT2D eigenvalue weighted by Gasteiger charge is -2.36. The average molecular weight is 380 g/mol. The van der Waals surface area contributed by atoms with Crippen LogP contribution in [0, 0.1) is 11.7 Å². The van der Waals surface area contributed by atoms with E-state index in [0.29, 0.717) is 12.8 Å². The van der Waals surface area contributed by atoms with Gasteiger partial charge in [0, 0.05) is 12.6 Å². The predicted molar refractivity (Wildman–Crippen MR) is 77.8 cm³/mol. The van der Waals surface area contributed by atoms with E-state index < -0.39 is 33.8 Å². The van der Waals surface area contributed by atoms with Crippen molar-refractivity contribution in [2.24, 2.45) is 5.92 Å². The zero-order chi connectivity index (χ0) is 15.8. The third-order valence-electron chi connectivity index (χ3n) is 3.75. The van der Waals surface area contributed by atoms with E-state index in [9.17, 15) is 17.6 Å².